The molecule has 1 aliphatic rings. The lowest BCUT2D eigenvalue weighted by Gasteiger charge is -2.34. The molecule has 0 aliphatic heterocycles. The quantitative estimate of drug-likeness (QED) is 0.816. The molecule has 0 bridgehead atoms. The van der Waals surface area contributed by atoms with Gasteiger partial charge >= 0.3 is 6.09 Å². The van der Waals surface area contributed by atoms with Crippen LogP contribution in [-0.4, -0.2) is 23.8 Å². The van der Waals surface area contributed by atoms with Crippen molar-refractivity contribution >= 4 is 6.09 Å². The molecule has 1 fully saturated rings. The fourth-order valence-electron chi connectivity index (χ4n) is 2.60. The molecule has 106 valence electrons. The molecule has 18 heavy (non-hydrogen) atoms. The summed E-state index contributed by atoms with van der Waals surface area (Å²) in [6.45, 7) is 7.81. The van der Waals surface area contributed by atoms with E-state index in [1.54, 1.807) is 0 Å². The number of carbonyl (C=O) groups excluding carboxylic acids is 1. The van der Waals surface area contributed by atoms with Crippen molar-refractivity contribution in [2.24, 2.45) is 11.7 Å². The maximum absolute atomic E-state index is 11.7. The van der Waals surface area contributed by atoms with Gasteiger partial charge in [-0.25, -0.2) is 4.79 Å². The average molecular weight is 256 g/mol. The highest BCUT2D eigenvalue weighted by atomic mass is 16.6. The number of nitrogens with one attached hydrogen (secondary N) is 1. The van der Waals surface area contributed by atoms with Gasteiger partial charge in [-0.3, -0.25) is 0 Å². The van der Waals surface area contributed by atoms with Crippen LogP contribution in [0.5, 0.6) is 0 Å². The molecule has 0 saturated heterocycles. The number of hydrogen-bond acceptors (Lipinski definition) is 3. The molecule has 0 aromatic carbocycles. The van der Waals surface area contributed by atoms with Gasteiger partial charge in [-0.2, -0.15) is 0 Å². The topological polar surface area (TPSA) is 64.3 Å². The summed E-state index contributed by atoms with van der Waals surface area (Å²) in [5, 5.41) is 2.97. The maximum Gasteiger partial charge on any atom is 0.407 e. The first kappa shape index (κ1) is 15.3. The minimum Gasteiger partial charge on any atom is -0.444 e. The molecule has 1 rings (SSSR count). The molecule has 0 heterocycles. The van der Waals surface area contributed by atoms with Crippen molar-refractivity contribution < 1.29 is 9.53 Å². The lowest BCUT2D eigenvalue weighted by Crippen LogP contribution is -2.46. The van der Waals surface area contributed by atoms with E-state index < -0.39 is 5.60 Å². The van der Waals surface area contributed by atoms with Crippen LogP contribution in [0.2, 0.25) is 0 Å². The summed E-state index contributed by atoms with van der Waals surface area (Å²) in [5.74, 6) is 0.531. The Hall–Kier alpha value is -0.770. The highest BCUT2D eigenvalue weighted by molar-refractivity contribution is 5.68. The van der Waals surface area contributed by atoms with Crippen molar-refractivity contribution in [1.82, 2.24) is 5.32 Å². The second kappa shape index (κ2) is 6.41. The van der Waals surface area contributed by atoms with Crippen LogP contribution in [0, 0.1) is 5.92 Å². The van der Waals surface area contributed by atoms with E-state index in [1.807, 2.05) is 20.8 Å². The Labute approximate surface area is 111 Å². The molecule has 4 nitrogen and oxygen atoms in total. The Morgan fingerprint density at radius 1 is 1.39 bits per heavy atom. The summed E-state index contributed by atoms with van der Waals surface area (Å²) >= 11 is 0. The van der Waals surface area contributed by atoms with Gasteiger partial charge in [-0.05, 0) is 52.4 Å². The molecule has 1 aliphatic carbocycles. The van der Waals surface area contributed by atoms with Gasteiger partial charge in [0.05, 0.1) is 0 Å². The van der Waals surface area contributed by atoms with Crippen molar-refractivity contribution in [2.75, 3.05) is 0 Å². The maximum atomic E-state index is 11.7. The summed E-state index contributed by atoms with van der Waals surface area (Å²) in [6, 6.07) is 0.512. The van der Waals surface area contributed by atoms with E-state index in [9.17, 15) is 4.79 Å². The zero-order chi connectivity index (χ0) is 13.8. The molecule has 0 aromatic rings. The molecule has 0 spiro atoms. The summed E-state index contributed by atoms with van der Waals surface area (Å²) in [4.78, 5) is 11.7. The lowest BCUT2D eigenvalue weighted by molar-refractivity contribution is 0.0479. The van der Waals surface area contributed by atoms with Crippen molar-refractivity contribution in [3.63, 3.8) is 0 Å². The van der Waals surface area contributed by atoms with Crippen LogP contribution in [0.4, 0.5) is 4.79 Å². The summed E-state index contributed by atoms with van der Waals surface area (Å²) < 4.78 is 5.28. The van der Waals surface area contributed by atoms with Gasteiger partial charge in [0, 0.05) is 12.1 Å². The predicted molar refractivity (Wildman–Crippen MR) is 73.4 cm³/mol. The van der Waals surface area contributed by atoms with Gasteiger partial charge < -0.3 is 15.8 Å². The normalized spacial score (nSPS) is 28.8. The standard InChI is InChI=1S/C14H28N2O2/c1-5-6-10-9-11(7-8-12(10)15)16-13(17)18-14(2,3)4/h10-12H,5-9,15H2,1-4H3,(H,16,17). The number of nitrogens with two attached hydrogens (primary N) is 1. The van der Waals surface area contributed by atoms with E-state index in [1.165, 1.54) is 0 Å². The fourth-order valence-corrected chi connectivity index (χ4v) is 2.60. The van der Waals surface area contributed by atoms with Gasteiger partial charge in [0.1, 0.15) is 5.60 Å². The van der Waals surface area contributed by atoms with Crippen LogP contribution in [0.3, 0.4) is 0 Å². The van der Waals surface area contributed by atoms with Crippen LogP contribution in [0.25, 0.3) is 0 Å². The third kappa shape index (κ3) is 5.25. The van der Waals surface area contributed by atoms with E-state index in [4.69, 9.17) is 10.5 Å². The third-order valence-corrected chi connectivity index (χ3v) is 3.42. The first-order valence-electron chi connectivity index (χ1n) is 7.07. The van der Waals surface area contributed by atoms with Crippen LogP contribution in [0.15, 0.2) is 0 Å². The largest absolute Gasteiger partial charge is 0.444 e. The van der Waals surface area contributed by atoms with Crippen molar-refractivity contribution in [1.29, 1.82) is 0 Å². The fraction of sp³-hybridized carbons (Fsp3) is 0.929. The number of hydrogen-bond donors (Lipinski definition) is 2. The molecule has 3 atom stereocenters. The average Bonchev–Trinajstić information content (AvgIpc) is 2.20. The highest BCUT2D eigenvalue weighted by Crippen LogP contribution is 2.27. The van der Waals surface area contributed by atoms with Gasteiger partial charge in [0.15, 0.2) is 0 Å². The number of amides is 1. The Morgan fingerprint density at radius 3 is 2.61 bits per heavy atom. The molecule has 0 radical (unpaired) electrons. The number of ether oxygens (including phenoxy) is 1. The van der Waals surface area contributed by atoms with E-state index >= 15 is 0 Å². The van der Waals surface area contributed by atoms with E-state index in [2.05, 4.69) is 12.2 Å². The van der Waals surface area contributed by atoms with E-state index in [-0.39, 0.29) is 12.1 Å². The number of carbonyl (C=O) groups is 1. The first-order chi connectivity index (χ1) is 8.31. The predicted octanol–water partition coefficient (Wildman–Crippen LogP) is 2.81. The number of rotatable bonds is 3. The second-order valence-electron chi connectivity index (χ2n) is 6.37. The molecular weight excluding hydrogens is 228 g/mol. The Balaban J connectivity index is 2.41. The van der Waals surface area contributed by atoms with Gasteiger partial charge in [-0.1, -0.05) is 13.3 Å². The Bertz CT molecular complexity index is 273. The Kier molecular flexibility index (Phi) is 5.45. The van der Waals surface area contributed by atoms with E-state index in [0.29, 0.717) is 12.0 Å². The molecule has 3 N–H and O–H groups in total. The zero-order valence-electron chi connectivity index (χ0n) is 12.2. The molecule has 4 heteroatoms. The Morgan fingerprint density at radius 2 is 2.06 bits per heavy atom. The minimum atomic E-state index is -0.433. The van der Waals surface area contributed by atoms with Crippen LogP contribution in [0.1, 0.15) is 59.8 Å². The molecular formula is C14H28N2O2. The SMILES string of the molecule is CCCC1CC(NC(=O)OC(C)(C)C)CCC1N. The summed E-state index contributed by atoms with van der Waals surface area (Å²) in [5.41, 5.74) is 5.68. The van der Waals surface area contributed by atoms with E-state index in [0.717, 1.165) is 32.1 Å². The molecule has 3 unspecified atom stereocenters. The molecule has 1 saturated carbocycles. The van der Waals surface area contributed by atoms with Crippen molar-refractivity contribution in [3.8, 4) is 0 Å². The monoisotopic (exact) mass is 256 g/mol. The van der Waals surface area contributed by atoms with Crippen LogP contribution in [-0.2, 0) is 4.74 Å². The molecule has 1 amide bonds. The van der Waals surface area contributed by atoms with Crippen molar-refractivity contribution in [2.45, 2.75) is 77.5 Å². The summed E-state index contributed by atoms with van der Waals surface area (Å²) in [6.07, 6.45) is 4.92. The number of alkyl carbamates (subject to hydrolysis) is 1. The van der Waals surface area contributed by atoms with Crippen molar-refractivity contribution in [3.05, 3.63) is 0 Å². The van der Waals surface area contributed by atoms with Crippen LogP contribution >= 0.6 is 0 Å². The minimum absolute atomic E-state index is 0.219. The first-order valence-corrected chi connectivity index (χ1v) is 7.07. The highest BCUT2D eigenvalue weighted by Gasteiger charge is 2.29. The molecule has 0 aromatic heterocycles. The smallest absolute Gasteiger partial charge is 0.407 e. The van der Waals surface area contributed by atoms with Gasteiger partial charge in [0.25, 0.3) is 0 Å². The van der Waals surface area contributed by atoms with Gasteiger partial charge in [-0.15, -0.1) is 0 Å². The third-order valence-electron chi connectivity index (χ3n) is 3.42. The zero-order valence-corrected chi connectivity index (χ0v) is 12.2. The van der Waals surface area contributed by atoms with Gasteiger partial charge in [0.2, 0.25) is 0 Å². The lowest BCUT2D eigenvalue weighted by atomic mass is 9.80. The summed E-state index contributed by atoms with van der Waals surface area (Å²) in [7, 11) is 0. The second-order valence-corrected chi connectivity index (χ2v) is 6.37. The van der Waals surface area contributed by atoms with Crippen LogP contribution < -0.4 is 11.1 Å².